The third-order valence-electron chi connectivity index (χ3n) is 3.81. The maximum absolute atomic E-state index is 12.5. The van der Waals surface area contributed by atoms with E-state index in [1.165, 1.54) is 19.2 Å². The molecule has 8 heteroatoms. The molecule has 1 saturated heterocycles. The van der Waals surface area contributed by atoms with Crippen molar-refractivity contribution >= 4 is 24.1 Å². The van der Waals surface area contributed by atoms with Crippen LogP contribution >= 0.6 is 12.4 Å². The first-order valence-electron chi connectivity index (χ1n) is 6.56. The molecule has 1 aliphatic heterocycles. The Hall–Kier alpha value is -1.47. The molecule has 1 aromatic rings. The van der Waals surface area contributed by atoms with Gasteiger partial charge in [-0.2, -0.15) is 13.2 Å². The van der Waals surface area contributed by atoms with Gasteiger partial charge in [0.25, 0.3) is 0 Å². The van der Waals surface area contributed by atoms with E-state index in [0.29, 0.717) is 31.6 Å². The number of nitrogens with zero attached hydrogens (tertiary/aromatic N) is 1. The molecule has 1 aliphatic rings. The van der Waals surface area contributed by atoms with E-state index in [1.807, 2.05) is 4.90 Å². The van der Waals surface area contributed by atoms with Crippen LogP contribution in [0, 0.1) is 0 Å². The zero-order valence-electron chi connectivity index (χ0n) is 12.0. The number of alkyl halides is 3. The molecule has 0 bridgehead atoms. The largest absolute Gasteiger partial charge is 0.468 e. The summed E-state index contributed by atoms with van der Waals surface area (Å²) in [4.78, 5) is 13.5. The molecule has 0 aliphatic carbocycles. The molecule has 2 N–H and O–H groups in total. The first-order chi connectivity index (χ1) is 9.76. The Bertz CT molecular complexity index is 512. The maximum atomic E-state index is 12.5. The summed E-state index contributed by atoms with van der Waals surface area (Å²) < 4.78 is 42.2. The van der Waals surface area contributed by atoms with Crippen molar-refractivity contribution in [2.24, 2.45) is 5.73 Å². The fraction of sp³-hybridized carbons (Fsp3) is 0.500. The van der Waals surface area contributed by atoms with Crippen LogP contribution in [0.3, 0.4) is 0 Å². The topological polar surface area (TPSA) is 55.6 Å². The lowest BCUT2D eigenvalue weighted by molar-refractivity contribution is -0.147. The molecule has 0 aromatic heterocycles. The van der Waals surface area contributed by atoms with E-state index >= 15 is 0 Å². The summed E-state index contributed by atoms with van der Waals surface area (Å²) in [5, 5.41) is 0. The molecule has 0 saturated carbocycles. The zero-order valence-corrected chi connectivity index (χ0v) is 12.8. The molecule has 124 valence electrons. The molecule has 1 fully saturated rings. The highest BCUT2D eigenvalue weighted by Gasteiger charge is 2.39. The molecule has 0 atom stereocenters. The Balaban J connectivity index is 0.00000242. The number of carbonyl (C=O) groups is 1. The van der Waals surface area contributed by atoms with Crippen molar-refractivity contribution in [2.45, 2.75) is 24.6 Å². The Morgan fingerprint density at radius 2 is 1.73 bits per heavy atom. The van der Waals surface area contributed by atoms with Crippen LogP contribution in [-0.4, -0.2) is 31.7 Å². The molecule has 0 radical (unpaired) electrons. The third kappa shape index (κ3) is 3.84. The van der Waals surface area contributed by atoms with Gasteiger partial charge in [0.1, 0.15) is 5.54 Å². The number of hydrogen-bond donors (Lipinski definition) is 1. The number of ether oxygens (including phenoxy) is 1. The smallest absolute Gasteiger partial charge is 0.416 e. The standard InChI is InChI=1S/C14H17F3N2O2.ClH/c1-21-12(20)13(18)6-8-19(9-7-13)11-4-2-10(3-5-11)14(15,16)17;/h2-5H,6-9,18H2,1H3;1H. The minimum absolute atomic E-state index is 0. The predicted molar refractivity (Wildman–Crippen MR) is 79.1 cm³/mol. The predicted octanol–water partition coefficient (Wildman–Crippen LogP) is 2.60. The number of hydrogen-bond acceptors (Lipinski definition) is 4. The highest BCUT2D eigenvalue weighted by atomic mass is 35.5. The van der Waals surface area contributed by atoms with Crippen LogP contribution in [0.5, 0.6) is 0 Å². The number of piperidine rings is 1. The highest BCUT2D eigenvalue weighted by molar-refractivity contribution is 5.85. The molecule has 22 heavy (non-hydrogen) atoms. The minimum Gasteiger partial charge on any atom is -0.468 e. The van der Waals surface area contributed by atoms with E-state index in [-0.39, 0.29) is 12.4 Å². The highest BCUT2D eigenvalue weighted by Crippen LogP contribution is 2.31. The Morgan fingerprint density at radius 3 is 2.14 bits per heavy atom. The second-order valence-electron chi connectivity index (χ2n) is 5.18. The van der Waals surface area contributed by atoms with Crippen molar-refractivity contribution in [1.82, 2.24) is 0 Å². The van der Waals surface area contributed by atoms with E-state index in [9.17, 15) is 18.0 Å². The van der Waals surface area contributed by atoms with Crippen LogP contribution in [0.1, 0.15) is 18.4 Å². The van der Waals surface area contributed by atoms with Gasteiger partial charge in [0.2, 0.25) is 0 Å². The van der Waals surface area contributed by atoms with Crippen LogP contribution < -0.4 is 10.6 Å². The van der Waals surface area contributed by atoms with Crippen molar-refractivity contribution in [3.05, 3.63) is 29.8 Å². The normalized spacial score (nSPS) is 17.6. The lowest BCUT2D eigenvalue weighted by atomic mass is 9.88. The molecule has 1 aromatic carbocycles. The van der Waals surface area contributed by atoms with Crippen LogP contribution in [0.25, 0.3) is 0 Å². The van der Waals surface area contributed by atoms with E-state index < -0.39 is 23.2 Å². The third-order valence-corrected chi connectivity index (χ3v) is 3.81. The van der Waals surface area contributed by atoms with Crippen LogP contribution in [-0.2, 0) is 15.7 Å². The maximum Gasteiger partial charge on any atom is 0.416 e. The van der Waals surface area contributed by atoms with Crippen molar-refractivity contribution in [3.8, 4) is 0 Å². The van der Waals surface area contributed by atoms with E-state index in [1.54, 1.807) is 0 Å². The van der Waals surface area contributed by atoms with Gasteiger partial charge in [-0.25, -0.2) is 0 Å². The Labute approximate surface area is 132 Å². The molecule has 1 heterocycles. The zero-order chi connectivity index (χ0) is 15.7. The van der Waals surface area contributed by atoms with Gasteiger partial charge < -0.3 is 15.4 Å². The molecular formula is C14H18ClF3N2O2. The number of nitrogens with two attached hydrogens (primary N) is 1. The van der Waals surface area contributed by atoms with Gasteiger partial charge in [-0.05, 0) is 37.1 Å². The van der Waals surface area contributed by atoms with E-state index in [0.717, 1.165) is 12.1 Å². The average molecular weight is 339 g/mol. The first kappa shape index (κ1) is 18.6. The lowest BCUT2D eigenvalue weighted by Crippen LogP contribution is -2.56. The van der Waals surface area contributed by atoms with Gasteiger partial charge in [-0.15, -0.1) is 12.4 Å². The summed E-state index contributed by atoms with van der Waals surface area (Å²) in [6, 6.07) is 4.98. The van der Waals surface area contributed by atoms with Crippen molar-refractivity contribution in [2.75, 3.05) is 25.1 Å². The number of methoxy groups -OCH3 is 1. The summed E-state index contributed by atoms with van der Waals surface area (Å²) in [5.74, 6) is -0.449. The number of benzene rings is 1. The number of halogens is 4. The fourth-order valence-electron chi connectivity index (χ4n) is 2.43. The number of esters is 1. The Morgan fingerprint density at radius 1 is 1.23 bits per heavy atom. The van der Waals surface area contributed by atoms with Gasteiger partial charge in [0.05, 0.1) is 12.7 Å². The van der Waals surface area contributed by atoms with Gasteiger partial charge >= 0.3 is 12.1 Å². The quantitative estimate of drug-likeness (QED) is 0.842. The Kier molecular flexibility index (Phi) is 5.70. The lowest BCUT2D eigenvalue weighted by Gasteiger charge is -2.38. The number of anilines is 1. The van der Waals surface area contributed by atoms with Gasteiger partial charge in [-0.1, -0.05) is 0 Å². The second-order valence-corrected chi connectivity index (χ2v) is 5.18. The average Bonchev–Trinajstić information content (AvgIpc) is 2.46. The van der Waals surface area contributed by atoms with Crippen molar-refractivity contribution in [1.29, 1.82) is 0 Å². The molecule has 0 amide bonds. The van der Waals surface area contributed by atoms with Crippen LogP contribution in [0.15, 0.2) is 24.3 Å². The van der Waals surface area contributed by atoms with Crippen LogP contribution in [0.4, 0.5) is 18.9 Å². The SMILES string of the molecule is COC(=O)C1(N)CCN(c2ccc(C(F)(F)F)cc2)CC1.Cl. The summed E-state index contributed by atoms with van der Waals surface area (Å²) in [7, 11) is 1.29. The molecule has 2 rings (SSSR count). The van der Waals surface area contributed by atoms with Gasteiger partial charge in [0.15, 0.2) is 0 Å². The van der Waals surface area contributed by atoms with Crippen molar-refractivity contribution < 1.29 is 22.7 Å². The first-order valence-corrected chi connectivity index (χ1v) is 6.56. The monoisotopic (exact) mass is 338 g/mol. The molecule has 0 spiro atoms. The fourth-order valence-corrected chi connectivity index (χ4v) is 2.43. The summed E-state index contributed by atoms with van der Waals surface area (Å²) in [6.07, 6.45) is -3.53. The van der Waals surface area contributed by atoms with E-state index in [4.69, 9.17) is 5.73 Å². The molecule has 0 unspecified atom stereocenters. The van der Waals surface area contributed by atoms with Gasteiger partial charge in [0, 0.05) is 18.8 Å². The van der Waals surface area contributed by atoms with Crippen LogP contribution in [0.2, 0.25) is 0 Å². The molecule has 4 nitrogen and oxygen atoms in total. The second kappa shape index (κ2) is 6.75. The molecular weight excluding hydrogens is 321 g/mol. The summed E-state index contributed by atoms with van der Waals surface area (Å²) >= 11 is 0. The number of rotatable bonds is 2. The minimum atomic E-state index is -4.34. The van der Waals surface area contributed by atoms with E-state index in [2.05, 4.69) is 4.74 Å². The number of carbonyl (C=O) groups excluding carboxylic acids is 1. The summed E-state index contributed by atoms with van der Waals surface area (Å²) in [6.45, 7) is 0.994. The van der Waals surface area contributed by atoms with Crippen molar-refractivity contribution in [3.63, 3.8) is 0 Å². The van der Waals surface area contributed by atoms with Gasteiger partial charge in [-0.3, -0.25) is 4.79 Å². The summed E-state index contributed by atoms with van der Waals surface area (Å²) in [5.41, 5.74) is 5.00.